The third-order valence-corrected chi connectivity index (χ3v) is 8.31. The Morgan fingerprint density at radius 3 is 2.27 bits per heavy atom. The lowest BCUT2D eigenvalue weighted by molar-refractivity contribution is -0.137. The molecule has 3 aromatic carbocycles. The Morgan fingerprint density at radius 1 is 0.778 bits per heavy atom. The second-order valence-corrected chi connectivity index (χ2v) is 11.5. The largest absolute Gasteiger partial charge is 0.416 e. The molecule has 45 heavy (non-hydrogen) atoms. The van der Waals surface area contributed by atoms with Crippen LogP contribution in [0.15, 0.2) is 89.7 Å². The number of Topliss-reactive ketones (excluding diaryl/α,β-unsaturated/α-hetero) is 1. The number of nitrogens with one attached hydrogen (secondary N) is 2. The maximum absolute atomic E-state index is 13.4. The number of pyridine rings is 1. The molecule has 2 aliphatic heterocycles. The quantitative estimate of drug-likeness (QED) is 0.252. The van der Waals surface area contributed by atoms with Crippen molar-refractivity contribution < 1.29 is 27.6 Å². The van der Waals surface area contributed by atoms with E-state index in [4.69, 9.17) is 0 Å². The fraction of sp³-hybridized carbons (Fsp3) is 0.235. The van der Waals surface area contributed by atoms with Crippen LogP contribution in [0.1, 0.15) is 61.6 Å². The number of carbonyl (C=O) groups is 3. The molecule has 0 aliphatic carbocycles. The van der Waals surface area contributed by atoms with Crippen molar-refractivity contribution in [2.75, 3.05) is 28.6 Å². The van der Waals surface area contributed by atoms with Crippen molar-refractivity contribution in [1.82, 2.24) is 4.57 Å². The molecule has 3 heterocycles. The lowest BCUT2D eigenvalue weighted by Gasteiger charge is -2.44. The highest BCUT2D eigenvalue weighted by atomic mass is 19.4. The molecule has 2 atom stereocenters. The van der Waals surface area contributed by atoms with Crippen LogP contribution in [0, 0.1) is 5.92 Å². The van der Waals surface area contributed by atoms with E-state index in [1.807, 2.05) is 6.07 Å². The van der Waals surface area contributed by atoms with Crippen LogP contribution in [-0.2, 0) is 12.7 Å². The molecule has 11 heteroatoms. The Bertz CT molecular complexity index is 1880. The molecule has 1 fully saturated rings. The number of carbonyl (C=O) groups excluding carboxylic acids is 3. The van der Waals surface area contributed by atoms with Crippen molar-refractivity contribution in [2.45, 2.75) is 32.0 Å². The third-order valence-electron chi connectivity index (χ3n) is 8.31. The summed E-state index contributed by atoms with van der Waals surface area (Å²) in [5.41, 5.74) is 1.64. The molecule has 2 unspecified atom stereocenters. The Morgan fingerprint density at radius 2 is 1.49 bits per heavy atom. The fourth-order valence-electron chi connectivity index (χ4n) is 6.20. The fourth-order valence-corrected chi connectivity index (χ4v) is 6.20. The van der Waals surface area contributed by atoms with E-state index >= 15 is 0 Å². The molecule has 1 saturated heterocycles. The molecule has 2 N–H and O–H groups in total. The van der Waals surface area contributed by atoms with Crippen LogP contribution in [0.2, 0.25) is 0 Å². The van der Waals surface area contributed by atoms with Gasteiger partial charge in [0.05, 0.1) is 16.9 Å². The average Bonchev–Trinajstić information content (AvgIpc) is 3.01. The minimum Gasteiger partial charge on any atom is -0.369 e. The summed E-state index contributed by atoms with van der Waals surface area (Å²) in [5.74, 6) is -1.22. The summed E-state index contributed by atoms with van der Waals surface area (Å²) in [6.45, 7) is 3.08. The number of piperidine rings is 1. The number of rotatable bonds is 6. The molecule has 2 bridgehead atoms. The number of hydrogen-bond donors (Lipinski definition) is 2. The monoisotopic (exact) mass is 614 g/mol. The topological polar surface area (TPSA) is 101 Å². The Hall–Kier alpha value is -5.19. The van der Waals surface area contributed by atoms with E-state index in [0.717, 1.165) is 24.2 Å². The number of aromatic nitrogens is 1. The number of alkyl halides is 3. The number of halogens is 3. The van der Waals surface area contributed by atoms with Crippen LogP contribution in [-0.4, -0.2) is 35.3 Å². The van der Waals surface area contributed by atoms with Crippen LogP contribution >= 0.6 is 0 Å². The Kier molecular flexibility index (Phi) is 7.78. The highest BCUT2D eigenvalue weighted by molar-refractivity contribution is 6.09. The maximum atomic E-state index is 13.4. The van der Waals surface area contributed by atoms with Gasteiger partial charge < -0.3 is 20.1 Å². The van der Waals surface area contributed by atoms with E-state index in [0.29, 0.717) is 36.6 Å². The van der Waals surface area contributed by atoms with Gasteiger partial charge in [0.15, 0.2) is 5.78 Å². The Balaban J connectivity index is 1.34. The number of fused-ring (bicyclic) bond motifs is 4. The summed E-state index contributed by atoms with van der Waals surface area (Å²) in [4.78, 5) is 53.0. The van der Waals surface area contributed by atoms with Gasteiger partial charge in [0, 0.05) is 59.7 Å². The maximum Gasteiger partial charge on any atom is 0.416 e. The minimum atomic E-state index is -4.62. The molecule has 4 aromatic rings. The van der Waals surface area contributed by atoms with Gasteiger partial charge in [-0.3, -0.25) is 19.2 Å². The van der Waals surface area contributed by atoms with Crippen LogP contribution in [0.25, 0.3) is 0 Å². The van der Waals surface area contributed by atoms with Crippen molar-refractivity contribution in [1.29, 1.82) is 0 Å². The zero-order valence-electron chi connectivity index (χ0n) is 24.2. The first-order chi connectivity index (χ1) is 21.5. The lowest BCUT2D eigenvalue weighted by atomic mass is 9.83. The molecule has 8 nitrogen and oxygen atoms in total. The van der Waals surface area contributed by atoms with Crippen molar-refractivity contribution >= 4 is 34.7 Å². The first kappa shape index (κ1) is 29.9. The smallest absolute Gasteiger partial charge is 0.369 e. The first-order valence-electron chi connectivity index (χ1n) is 14.5. The molecule has 1 aromatic heterocycles. The molecule has 2 amide bonds. The second kappa shape index (κ2) is 11.7. The number of benzene rings is 3. The number of ketones is 1. The number of nitrogens with zero attached hydrogens (tertiary/aromatic N) is 2. The van der Waals surface area contributed by atoms with Gasteiger partial charge >= 0.3 is 6.18 Å². The summed E-state index contributed by atoms with van der Waals surface area (Å²) in [6.07, 6.45) is -3.73. The third kappa shape index (κ3) is 6.24. The van der Waals surface area contributed by atoms with Crippen LogP contribution in [0.5, 0.6) is 0 Å². The molecule has 2 aliphatic rings. The van der Waals surface area contributed by atoms with E-state index < -0.39 is 23.6 Å². The van der Waals surface area contributed by atoms with Crippen LogP contribution < -0.4 is 21.1 Å². The highest BCUT2D eigenvalue weighted by Crippen LogP contribution is 2.39. The zero-order valence-corrected chi connectivity index (χ0v) is 24.2. The molecular weight excluding hydrogens is 585 g/mol. The standard InChI is InChI=1S/C34H29F3N4O4/c1-20(42)22-5-3-8-27(15-22)38-32(44)24-11-12-30(28(16-24)39-33(45)23-6-2-7-26(14-23)34(35,36)37)40-17-21-13-25(19-40)29-9-4-10-31(43)41(29)18-21/h2-12,14-16,21,25H,13,17-19H2,1H3,(H,38,44)(H,39,45). The number of anilines is 3. The van der Waals surface area contributed by atoms with Crippen molar-refractivity contribution in [3.63, 3.8) is 0 Å². The van der Waals surface area contributed by atoms with E-state index in [1.165, 1.54) is 25.1 Å². The van der Waals surface area contributed by atoms with Gasteiger partial charge in [-0.2, -0.15) is 13.2 Å². The molecule has 0 saturated carbocycles. The summed E-state index contributed by atoms with van der Waals surface area (Å²) in [6, 6.07) is 20.7. The molecule has 230 valence electrons. The predicted octanol–water partition coefficient (Wildman–Crippen LogP) is 6.20. The van der Waals surface area contributed by atoms with E-state index in [9.17, 15) is 32.3 Å². The van der Waals surface area contributed by atoms with Crippen LogP contribution in [0.3, 0.4) is 0 Å². The normalized spacial score (nSPS) is 17.3. The molecule has 0 spiro atoms. The Labute approximate surface area is 256 Å². The summed E-state index contributed by atoms with van der Waals surface area (Å²) < 4.78 is 41.9. The predicted molar refractivity (Wildman–Crippen MR) is 164 cm³/mol. The minimum absolute atomic E-state index is 0.0473. The SMILES string of the molecule is CC(=O)c1cccc(NC(=O)c2ccc(N3CC4CC(C3)c3cccc(=O)n3C4)c(NC(=O)c3cccc(C(F)(F)F)c3)c2)c1. The van der Waals surface area contributed by atoms with Gasteiger partial charge in [0.25, 0.3) is 17.4 Å². The van der Waals surface area contributed by atoms with E-state index in [1.54, 1.807) is 53.1 Å². The zero-order chi connectivity index (χ0) is 31.9. The summed E-state index contributed by atoms with van der Waals surface area (Å²) >= 11 is 0. The van der Waals surface area contributed by atoms with Crippen molar-refractivity contribution in [3.8, 4) is 0 Å². The van der Waals surface area contributed by atoms with Gasteiger partial charge in [-0.15, -0.1) is 0 Å². The van der Waals surface area contributed by atoms with Gasteiger partial charge in [-0.1, -0.05) is 24.3 Å². The summed E-state index contributed by atoms with van der Waals surface area (Å²) in [7, 11) is 0. The van der Waals surface area contributed by atoms with Crippen molar-refractivity contribution in [2.24, 2.45) is 5.92 Å². The first-order valence-corrected chi connectivity index (χ1v) is 14.5. The van der Waals surface area contributed by atoms with Crippen molar-refractivity contribution in [3.05, 3.63) is 123 Å². The molecule has 0 radical (unpaired) electrons. The second-order valence-electron chi connectivity index (χ2n) is 11.5. The number of amides is 2. The van der Waals surface area contributed by atoms with Gasteiger partial charge in [-0.05, 0) is 73.9 Å². The van der Waals surface area contributed by atoms with Gasteiger partial charge in [-0.25, -0.2) is 0 Å². The van der Waals surface area contributed by atoms with Crippen LogP contribution in [0.4, 0.5) is 30.2 Å². The molecule has 6 rings (SSSR count). The van der Waals surface area contributed by atoms with E-state index in [2.05, 4.69) is 15.5 Å². The summed E-state index contributed by atoms with van der Waals surface area (Å²) in [5, 5.41) is 5.51. The van der Waals surface area contributed by atoms with Gasteiger partial charge in [0.2, 0.25) is 0 Å². The average molecular weight is 615 g/mol. The lowest BCUT2D eigenvalue weighted by Crippen LogP contribution is -2.47. The van der Waals surface area contributed by atoms with E-state index in [-0.39, 0.29) is 40.0 Å². The molecular formula is C34H29F3N4O4. The number of hydrogen-bond acceptors (Lipinski definition) is 5. The highest BCUT2D eigenvalue weighted by Gasteiger charge is 2.36. The van der Waals surface area contributed by atoms with Gasteiger partial charge in [0.1, 0.15) is 0 Å².